The fourth-order valence-electron chi connectivity index (χ4n) is 5.71. The van der Waals surface area contributed by atoms with Crippen molar-refractivity contribution in [2.45, 2.75) is 180 Å². The SMILES string of the molecule is CCCCCCCCCCCCCCCC/C=C/OC[C@H](COP(=O)(O)OCC[N+](C)(C)C)OC(=O)CCC/C=C\C/C=C\C/C=C\C/C=C\[C@H](O)CCCC. The Hall–Kier alpha value is -2.00. The Labute approximate surface area is 343 Å². The molecule has 0 bridgehead atoms. The van der Waals surface area contributed by atoms with E-state index in [0.29, 0.717) is 17.4 Å². The summed E-state index contributed by atoms with van der Waals surface area (Å²) in [6.07, 6.45) is 45.5. The van der Waals surface area contributed by atoms with Gasteiger partial charge in [0, 0.05) is 6.42 Å². The van der Waals surface area contributed by atoms with Crippen LogP contribution in [0.3, 0.4) is 0 Å². The van der Waals surface area contributed by atoms with Crippen molar-refractivity contribution in [2.75, 3.05) is 47.5 Å². The van der Waals surface area contributed by atoms with E-state index >= 15 is 0 Å². The molecule has 0 saturated heterocycles. The standard InChI is InChI=1S/C46H84NO8P/c1-6-8-10-11-12-13-14-15-16-17-20-23-26-29-32-35-40-52-42-45(43-54-56(50,51)53-41-39-47(3,4)5)55-46(49)38-34-31-28-25-22-19-18-21-24-27-30-33-37-44(48)36-9-7-2/h18-19,24-25,27-28,33,35,37,40,44-45,48H,6-17,20-23,26,29-32,34,36,38-39,41-43H2,1-5H3/p+1/b19-18-,27-24-,28-25-,37-33-,40-35+/t44-,45-/m1/s1. The summed E-state index contributed by atoms with van der Waals surface area (Å²) in [6, 6.07) is 0. The summed E-state index contributed by atoms with van der Waals surface area (Å²) >= 11 is 0. The lowest BCUT2D eigenvalue weighted by atomic mass is 10.0. The molecule has 56 heavy (non-hydrogen) atoms. The third-order valence-corrected chi connectivity index (χ3v) is 10.2. The van der Waals surface area contributed by atoms with Crippen LogP contribution >= 0.6 is 7.82 Å². The molecule has 3 atom stereocenters. The Morgan fingerprint density at radius 1 is 0.643 bits per heavy atom. The number of allylic oxidation sites excluding steroid dienone is 8. The Balaban J connectivity index is 4.42. The molecular formula is C46H85NO8P+. The first kappa shape index (κ1) is 54.0. The van der Waals surface area contributed by atoms with Crippen LogP contribution in [0, 0.1) is 0 Å². The molecule has 0 saturated carbocycles. The second-order valence-electron chi connectivity index (χ2n) is 16.0. The largest absolute Gasteiger partial charge is 0.498 e. The summed E-state index contributed by atoms with van der Waals surface area (Å²) in [5.41, 5.74) is 0. The monoisotopic (exact) mass is 811 g/mol. The van der Waals surface area contributed by atoms with Gasteiger partial charge in [-0.05, 0) is 57.4 Å². The number of carbonyl (C=O) groups is 1. The van der Waals surface area contributed by atoms with E-state index in [9.17, 15) is 19.4 Å². The second-order valence-corrected chi connectivity index (χ2v) is 17.4. The molecule has 0 aliphatic heterocycles. The highest BCUT2D eigenvalue weighted by atomic mass is 31.2. The summed E-state index contributed by atoms with van der Waals surface area (Å²) in [7, 11) is 1.57. The zero-order valence-corrected chi connectivity index (χ0v) is 37.4. The minimum Gasteiger partial charge on any atom is -0.498 e. The molecule has 0 rings (SSSR count). The van der Waals surface area contributed by atoms with Crippen molar-refractivity contribution >= 4 is 13.8 Å². The summed E-state index contributed by atoms with van der Waals surface area (Å²) < 4.78 is 34.6. The maximum atomic E-state index is 12.7. The van der Waals surface area contributed by atoms with Gasteiger partial charge in [0.2, 0.25) is 0 Å². The highest BCUT2D eigenvalue weighted by Crippen LogP contribution is 2.43. The fourth-order valence-corrected chi connectivity index (χ4v) is 6.45. The van der Waals surface area contributed by atoms with E-state index in [-0.39, 0.29) is 32.3 Å². The molecule has 10 heteroatoms. The van der Waals surface area contributed by atoms with Crippen molar-refractivity contribution in [2.24, 2.45) is 0 Å². The van der Waals surface area contributed by atoms with Crippen molar-refractivity contribution < 1.29 is 42.4 Å². The number of ether oxygens (including phenoxy) is 2. The first-order valence-electron chi connectivity index (χ1n) is 22.2. The number of hydrogen-bond donors (Lipinski definition) is 2. The predicted octanol–water partition coefficient (Wildman–Crippen LogP) is 12.3. The maximum absolute atomic E-state index is 12.7. The minimum atomic E-state index is -4.32. The van der Waals surface area contributed by atoms with E-state index in [2.05, 4.69) is 50.3 Å². The molecule has 0 aromatic rings. The lowest BCUT2D eigenvalue weighted by Crippen LogP contribution is -2.37. The molecule has 0 aliphatic carbocycles. The average Bonchev–Trinajstić information content (AvgIpc) is 3.15. The molecule has 0 radical (unpaired) electrons. The van der Waals surface area contributed by atoms with Crippen LogP contribution in [0.4, 0.5) is 0 Å². The fraction of sp³-hybridized carbons (Fsp3) is 0.761. The van der Waals surface area contributed by atoms with Crippen LogP contribution in [0.2, 0.25) is 0 Å². The Kier molecular flexibility index (Phi) is 37.1. The van der Waals surface area contributed by atoms with E-state index in [1.54, 1.807) is 6.26 Å². The van der Waals surface area contributed by atoms with Gasteiger partial charge in [-0.15, -0.1) is 0 Å². The highest BCUT2D eigenvalue weighted by Gasteiger charge is 2.26. The summed E-state index contributed by atoms with van der Waals surface area (Å²) in [5.74, 6) is -0.405. The number of phosphoric acid groups is 1. The lowest BCUT2D eigenvalue weighted by molar-refractivity contribution is -0.870. The zero-order chi connectivity index (χ0) is 41.4. The van der Waals surface area contributed by atoms with E-state index < -0.39 is 19.9 Å². The Morgan fingerprint density at radius 2 is 1.16 bits per heavy atom. The maximum Gasteiger partial charge on any atom is 0.472 e. The predicted molar refractivity (Wildman–Crippen MR) is 234 cm³/mol. The quantitative estimate of drug-likeness (QED) is 0.0157. The van der Waals surface area contributed by atoms with Crippen molar-refractivity contribution in [1.29, 1.82) is 0 Å². The van der Waals surface area contributed by atoms with E-state index in [0.717, 1.165) is 57.8 Å². The van der Waals surface area contributed by atoms with Crippen LogP contribution in [0.1, 0.15) is 168 Å². The average molecular weight is 811 g/mol. The smallest absolute Gasteiger partial charge is 0.472 e. The van der Waals surface area contributed by atoms with E-state index in [1.807, 2.05) is 39.4 Å². The summed E-state index contributed by atoms with van der Waals surface area (Å²) in [4.78, 5) is 22.8. The molecule has 0 aliphatic rings. The number of likely N-dealkylation sites (N-methyl/N-ethyl adjacent to an activating group) is 1. The van der Waals surface area contributed by atoms with Gasteiger partial charge < -0.3 is 24.0 Å². The number of phosphoric ester groups is 1. The van der Waals surface area contributed by atoms with Crippen LogP contribution < -0.4 is 0 Å². The number of aliphatic hydroxyl groups excluding tert-OH is 1. The molecule has 0 amide bonds. The van der Waals surface area contributed by atoms with Gasteiger partial charge in [0.15, 0.2) is 6.10 Å². The third kappa shape index (κ3) is 41.6. The van der Waals surface area contributed by atoms with Gasteiger partial charge >= 0.3 is 13.8 Å². The summed E-state index contributed by atoms with van der Waals surface area (Å²) in [6.45, 7) is 4.69. The molecule has 0 fully saturated rings. The van der Waals surface area contributed by atoms with Gasteiger partial charge in [-0.2, -0.15) is 0 Å². The summed E-state index contributed by atoms with van der Waals surface area (Å²) in [5, 5.41) is 9.83. The second kappa shape index (κ2) is 38.5. The number of unbranched alkanes of at least 4 members (excludes halogenated alkanes) is 16. The van der Waals surface area contributed by atoms with E-state index in [4.69, 9.17) is 18.5 Å². The molecule has 9 nitrogen and oxygen atoms in total. The van der Waals surface area contributed by atoms with Gasteiger partial charge in [0.1, 0.15) is 19.8 Å². The van der Waals surface area contributed by atoms with Gasteiger partial charge in [0.05, 0.1) is 40.1 Å². The van der Waals surface area contributed by atoms with Crippen molar-refractivity contribution in [3.05, 3.63) is 60.9 Å². The number of quaternary nitrogens is 1. The van der Waals surface area contributed by atoms with Gasteiger partial charge in [-0.25, -0.2) is 4.57 Å². The van der Waals surface area contributed by atoms with Crippen LogP contribution in [0.25, 0.3) is 0 Å². The van der Waals surface area contributed by atoms with Crippen LogP contribution in [0.15, 0.2) is 60.9 Å². The van der Waals surface area contributed by atoms with Crippen LogP contribution in [-0.4, -0.2) is 80.2 Å². The first-order valence-corrected chi connectivity index (χ1v) is 23.7. The number of esters is 1. The van der Waals surface area contributed by atoms with Crippen molar-refractivity contribution in [1.82, 2.24) is 0 Å². The molecule has 0 spiro atoms. The molecule has 0 aromatic heterocycles. The highest BCUT2D eigenvalue weighted by molar-refractivity contribution is 7.47. The topological polar surface area (TPSA) is 112 Å². The third-order valence-electron chi connectivity index (χ3n) is 9.22. The number of carbonyl (C=O) groups excluding carboxylic acids is 1. The normalized spacial score (nSPS) is 14.8. The van der Waals surface area contributed by atoms with Crippen molar-refractivity contribution in [3.63, 3.8) is 0 Å². The van der Waals surface area contributed by atoms with Gasteiger partial charge in [-0.1, -0.05) is 159 Å². The van der Waals surface area contributed by atoms with Crippen molar-refractivity contribution in [3.8, 4) is 0 Å². The molecule has 0 heterocycles. The molecule has 2 N–H and O–H groups in total. The Bertz CT molecular complexity index is 1100. The molecule has 326 valence electrons. The lowest BCUT2D eigenvalue weighted by Gasteiger charge is -2.24. The van der Waals surface area contributed by atoms with Gasteiger partial charge in [-0.3, -0.25) is 13.8 Å². The number of rotatable bonds is 40. The van der Waals surface area contributed by atoms with E-state index in [1.165, 1.54) is 83.5 Å². The number of hydrogen-bond acceptors (Lipinski definition) is 7. The minimum absolute atomic E-state index is 0.0140. The molecular weight excluding hydrogens is 725 g/mol. The number of aliphatic hydroxyl groups is 1. The zero-order valence-electron chi connectivity index (χ0n) is 36.5. The first-order chi connectivity index (χ1) is 27.0. The van der Waals surface area contributed by atoms with Crippen LogP contribution in [-0.2, 0) is 27.9 Å². The van der Waals surface area contributed by atoms with Crippen LogP contribution in [0.5, 0.6) is 0 Å². The van der Waals surface area contributed by atoms with Gasteiger partial charge in [0.25, 0.3) is 0 Å². The molecule has 0 aromatic carbocycles. The number of nitrogens with zero attached hydrogens (tertiary/aromatic N) is 1. The Morgan fingerprint density at radius 3 is 1.73 bits per heavy atom. The molecule has 1 unspecified atom stereocenters.